The quantitative estimate of drug-likeness (QED) is 0.714. The lowest BCUT2D eigenvalue weighted by Crippen LogP contribution is -2.14. The van der Waals surface area contributed by atoms with E-state index in [1.54, 1.807) is 17.1 Å². The highest BCUT2D eigenvalue weighted by atomic mass is 19.2. The van der Waals surface area contributed by atoms with E-state index in [1.807, 2.05) is 30.3 Å². The van der Waals surface area contributed by atoms with Crippen molar-refractivity contribution < 1.29 is 18.0 Å². The fourth-order valence-electron chi connectivity index (χ4n) is 2.30. The summed E-state index contributed by atoms with van der Waals surface area (Å²) in [6.45, 7) is 0. The number of amides is 1. The predicted molar refractivity (Wildman–Crippen MR) is 86.8 cm³/mol. The average Bonchev–Trinajstić information content (AvgIpc) is 3.10. The van der Waals surface area contributed by atoms with E-state index in [0.29, 0.717) is 6.42 Å². The zero-order valence-corrected chi connectivity index (χ0v) is 13.0. The third-order valence-corrected chi connectivity index (χ3v) is 3.61. The summed E-state index contributed by atoms with van der Waals surface area (Å²) in [5, 5.41) is 6.46. The molecule has 3 aromatic rings. The summed E-state index contributed by atoms with van der Waals surface area (Å²) in [4.78, 5) is 11.9. The van der Waals surface area contributed by atoms with Crippen LogP contribution in [0.15, 0.2) is 54.9 Å². The zero-order valence-electron chi connectivity index (χ0n) is 13.0. The topological polar surface area (TPSA) is 46.9 Å². The van der Waals surface area contributed by atoms with Gasteiger partial charge in [-0.2, -0.15) is 5.10 Å². The first-order valence-corrected chi connectivity index (χ1v) is 7.57. The molecule has 0 bridgehead atoms. The number of hydrogen-bond donors (Lipinski definition) is 1. The summed E-state index contributed by atoms with van der Waals surface area (Å²) in [7, 11) is 0. The third-order valence-electron chi connectivity index (χ3n) is 3.61. The molecule has 0 saturated carbocycles. The monoisotopic (exact) mass is 345 g/mol. The molecule has 1 amide bonds. The zero-order chi connectivity index (χ0) is 17.8. The molecule has 1 heterocycles. The minimum Gasteiger partial charge on any atom is -0.323 e. The SMILES string of the molecule is O=C(CCc1cnn(-c2ccccc2)c1)Nc1ccc(F)c(F)c1F. The molecule has 0 aliphatic carbocycles. The van der Waals surface area contributed by atoms with Crippen molar-refractivity contribution in [2.24, 2.45) is 0 Å². The van der Waals surface area contributed by atoms with E-state index in [0.717, 1.165) is 23.4 Å². The number of rotatable bonds is 5. The number of carbonyl (C=O) groups excluding carboxylic acids is 1. The Hall–Kier alpha value is -3.09. The van der Waals surface area contributed by atoms with Crippen molar-refractivity contribution in [2.45, 2.75) is 12.8 Å². The fraction of sp³-hybridized carbons (Fsp3) is 0.111. The first-order valence-electron chi connectivity index (χ1n) is 7.57. The van der Waals surface area contributed by atoms with E-state index in [1.165, 1.54) is 0 Å². The highest BCUT2D eigenvalue weighted by molar-refractivity contribution is 5.90. The maximum atomic E-state index is 13.5. The maximum Gasteiger partial charge on any atom is 0.224 e. The number of hydrogen-bond acceptors (Lipinski definition) is 2. The van der Waals surface area contributed by atoms with Crippen molar-refractivity contribution in [1.82, 2.24) is 9.78 Å². The Kier molecular flexibility index (Phi) is 4.83. The van der Waals surface area contributed by atoms with Crippen molar-refractivity contribution >= 4 is 11.6 Å². The van der Waals surface area contributed by atoms with Gasteiger partial charge in [0.1, 0.15) is 0 Å². The fourth-order valence-corrected chi connectivity index (χ4v) is 2.30. The summed E-state index contributed by atoms with van der Waals surface area (Å²) in [5.41, 5.74) is 1.33. The van der Waals surface area contributed by atoms with Gasteiger partial charge in [-0.3, -0.25) is 4.79 Å². The van der Waals surface area contributed by atoms with E-state index in [9.17, 15) is 18.0 Å². The van der Waals surface area contributed by atoms with Crippen molar-refractivity contribution in [2.75, 3.05) is 5.32 Å². The lowest BCUT2D eigenvalue weighted by atomic mass is 10.2. The molecule has 2 aromatic carbocycles. The minimum atomic E-state index is -1.61. The van der Waals surface area contributed by atoms with Gasteiger partial charge in [-0.1, -0.05) is 18.2 Å². The highest BCUT2D eigenvalue weighted by Crippen LogP contribution is 2.20. The highest BCUT2D eigenvalue weighted by Gasteiger charge is 2.15. The second-order valence-electron chi connectivity index (χ2n) is 5.40. The molecule has 0 radical (unpaired) electrons. The molecule has 3 rings (SSSR count). The van der Waals surface area contributed by atoms with Crippen LogP contribution >= 0.6 is 0 Å². The molecule has 0 aliphatic heterocycles. The number of nitrogens with zero attached hydrogens (tertiary/aromatic N) is 2. The Bertz CT molecular complexity index is 894. The number of halogens is 3. The first-order chi connectivity index (χ1) is 12.0. The van der Waals surface area contributed by atoms with Gasteiger partial charge in [0.2, 0.25) is 5.91 Å². The molecule has 25 heavy (non-hydrogen) atoms. The number of anilines is 1. The average molecular weight is 345 g/mol. The standard InChI is InChI=1S/C18H14F3N3O/c19-14-7-8-15(18(21)17(14)20)23-16(25)9-6-12-10-22-24(11-12)13-4-2-1-3-5-13/h1-5,7-8,10-11H,6,9H2,(H,23,25). The molecule has 4 nitrogen and oxygen atoms in total. The van der Waals surface area contributed by atoms with Crippen LogP contribution in [0.3, 0.4) is 0 Å². The van der Waals surface area contributed by atoms with Crippen LogP contribution in [0.5, 0.6) is 0 Å². The predicted octanol–water partition coefficient (Wildman–Crippen LogP) is 3.86. The van der Waals surface area contributed by atoms with Crippen molar-refractivity contribution in [3.05, 3.63) is 77.9 Å². The third kappa shape index (κ3) is 3.88. The number of aromatic nitrogens is 2. The summed E-state index contributed by atoms with van der Waals surface area (Å²) >= 11 is 0. The van der Waals surface area contributed by atoms with E-state index in [2.05, 4.69) is 10.4 Å². The second kappa shape index (κ2) is 7.21. The van der Waals surface area contributed by atoms with Gasteiger partial charge in [0.15, 0.2) is 17.5 Å². The normalized spacial score (nSPS) is 10.7. The Morgan fingerprint density at radius 1 is 1.04 bits per heavy atom. The van der Waals surface area contributed by atoms with Crippen LogP contribution < -0.4 is 5.32 Å². The lowest BCUT2D eigenvalue weighted by molar-refractivity contribution is -0.116. The second-order valence-corrected chi connectivity index (χ2v) is 5.40. The van der Waals surface area contributed by atoms with Gasteiger partial charge in [0.25, 0.3) is 0 Å². The summed E-state index contributed by atoms with van der Waals surface area (Å²) < 4.78 is 41.2. The van der Waals surface area contributed by atoms with Crippen LogP contribution in [-0.4, -0.2) is 15.7 Å². The van der Waals surface area contributed by atoms with Crippen molar-refractivity contribution in [3.63, 3.8) is 0 Å². The van der Waals surface area contributed by atoms with Crippen molar-refractivity contribution in [1.29, 1.82) is 0 Å². The number of benzene rings is 2. The molecule has 0 atom stereocenters. The number of aryl methyl sites for hydroxylation is 1. The minimum absolute atomic E-state index is 0.0545. The molecule has 0 spiro atoms. The largest absolute Gasteiger partial charge is 0.323 e. The molecule has 0 unspecified atom stereocenters. The van der Waals surface area contributed by atoms with E-state index >= 15 is 0 Å². The van der Waals surface area contributed by atoms with Gasteiger partial charge < -0.3 is 5.32 Å². The molecule has 7 heteroatoms. The Labute approximate surface area is 141 Å². The first kappa shape index (κ1) is 16.8. The van der Waals surface area contributed by atoms with Gasteiger partial charge in [-0.05, 0) is 36.2 Å². The van der Waals surface area contributed by atoms with Crippen molar-refractivity contribution in [3.8, 4) is 5.69 Å². The van der Waals surface area contributed by atoms with E-state index in [4.69, 9.17) is 0 Å². The molecule has 0 saturated heterocycles. The van der Waals surface area contributed by atoms with Gasteiger partial charge in [0.05, 0.1) is 17.6 Å². The maximum absolute atomic E-state index is 13.5. The number of para-hydroxylation sites is 1. The van der Waals surface area contributed by atoms with Gasteiger partial charge >= 0.3 is 0 Å². The summed E-state index contributed by atoms with van der Waals surface area (Å²) in [5.74, 6) is -4.83. The van der Waals surface area contributed by atoms with E-state index < -0.39 is 23.4 Å². The van der Waals surface area contributed by atoms with Gasteiger partial charge in [-0.15, -0.1) is 0 Å². The Morgan fingerprint density at radius 3 is 2.56 bits per heavy atom. The smallest absolute Gasteiger partial charge is 0.224 e. The van der Waals surface area contributed by atoms with Gasteiger partial charge in [0, 0.05) is 12.6 Å². The summed E-state index contributed by atoms with van der Waals surface area (Å²) in [6.07, 6.45) is 3.86. The van der Waals surface area contributed by atoms with Crippen LogP contribution in [-0.2, 0) is 11.2 Å². The molecule has 128 valence electrons. The van der Waals surface area contributed by atoms with Gasteiger partial charge in [-0.25, -0.2) is 17.9 Å². The van der Waals surface area contributed by atoms with Crippen LogP contribution in [0.25, 0.3) is 5.69 Å². The van der Waals surface area contributed by atoms with Crippen LogP contribution in [0, 0.1) is 17.5 Å². The van der Waals surface area contributed by atoms with Crippen LogP contribution in [0.1, 0.15) is 12.0 Å². The molecular weight excluding hydrogens is 331 g/mol. The summed E-state index contributed by atoms with van der Waals surface area (Å²) in [6, 6.07) is 11.2. The van der Waals surface area contributed by atoms with Crippen LogP contribution in [0.4, 0.5) is 18.9 Å². The molecule has 1 aromatic heterocycles. The number of carbonyl (C=O) groups is 1. The molecule has 1 N–H and O–H groups in total. The number of nitrogens with one attached hydrogen (secondary N) is 1. The Balaban J connectivity index is 1.60. The Morgan fingerprint density at radius 2 is 1.80 bits per heavy atom. The molecule has 0 fully saturated rings. The van der Waals surface area contributed by atoms with E-state index in [-0.39, 0.29) is 12.1 Å². The molecular formula is C18H14F3N3O. The lowest BCUT2D eigenvalue weighted by Gasteiger charge is -2.06. The molecule has 0 aliphatic rings. The van der Waals surface area contributed by atoms with Crippen LogP contribution in [0.2, 0.25) is 0 Å².